The fourth-order valence-corrected chi connectivity index (χ4v) is 4.09. The first-order chi connectivity index (χ1) is 13.9. The second kappa shape index (κ2) is 14.9. The van der Waals surface area contributed by atoms with Crippen molar-refractivity contribution in [1.29, 1.82) is 0 Å². The highest BCUT2D eigenvalue weighted by Gasteiger charge is 2.30. The zero-order valence-electron chi connectivity index (χ0n) is 20.1. The lowest BCUT2D eigenvalue weighted by Gasteiger charge is -2.22. The van der Waals surface area contributed by atoms with Crippen molar-refractivity contribution in [2.75, 3.05) is 6.61 Å². The molecule has 3 nitrogen and oxygen atoms in total. The molecule has 3 heteroatoms. The first kappa shape index (κ1) is 26.0. The van der Waals surface area contributed by atoms with Gasteiger partial charge < -0.3 is 9.47 Å². The van der Waals surface area contributed by atoms with E-state index in [4.69, 9.17) is 9.47 Å². The minimum Gasteiger partial charge on any atom is -0.497 e. The van der Waals surface area contributed by atoms with E-state index in [1.54, 1.807) is 0 Å². The van der Waals surface area contributed by atoms with Gasteiger partial charge in [-0.1, -0.05) is 84.5 Å². The maximum Gasteiger partial charge on any atom is 0.337 e. The predicted molar refractivity (Wildman–Crippen MR) is 123 cm³/mol. The van der Waals surface area contributed by atoms with E-state index in [1.807, 2.05) is 20.8 Å². The lowest BCUT2D eigenvalue weighted by Crippen LogP contribution is -2.26. The molecule has 0 aliphatic carbocycles. The number of rotatable bonds is 15. The van der Waals surface area contributed by atoms with E-state index in [9.17, 15) is 4.79 Å². The predicted octanol–water partition coefficient (Wildman–Crippen LogP) is 8.12. The highest BCUT2D eigenvalue weighted by Crippen LogP contribution is 2.34. The summed E-state index contributed by atoms with van der Waals surface area (Å²) < 4.78 is 11.8. The van der Waals surface area contributed by atoms with Crippen LogP contribution >= 0.6 is 0 Å². The van der Waals surface area contributed by atoms with E-state index in [-0.39, 0.29) is 5.97 Å². The quantitative estimate of drug-likeness (QED) is 0.156. The second-order valence-corrected chi connectivity index (χ2v) is 9.75. The van der Waals surface area contributed by atoms with Crippen LogP contribution in [-0.2, 0) is 14.3 Å². The summed E-state index contributed by atoms with van der Waals surface area (Å²) in [6.45, 7) is 11.1. The van der Waals surface area contributed by atoms with Gasteiger partial charge in [0.15, 0.2) is 0 Å². The Kier molecular flexibility index (Phi) is 13.4. The molecule has 0 N–H and O–H groups in total. The first-order valence-electron chi connectivity index (χ1n) is 12.5. The zero-order chi connectivity index (χ0) is 21.5. The molecule has 1 saturated heterocycles. The van der Waals surface area contributed by atoms with Crippen molar-refractivity contribution in [2.24, 2.45) is 5.92 Å². The van der Waals surface area contributed by atoms with Gasteiger partial charge in [0.25, 0.3) is 0 Å². The van der Waals surface area contributed by atoms with Crippen molar-refractivity contribution >= 4 is 5.97 Å². The molecule has 0 amide bonds. The molecule has 29 heavy (non-hydrogen) atoms. The van der Waals surface area contributed by atoms with Crippen LogP contribution in [0.2, 0.25) is 0 Å². The van der Waals surface area contributed by atoms with Crippen molar-refractivity contribution in [3.05, 3.63) is 11.3 Å². The summed E-state index contributed by atoms with van der Waals surface area (Å²) in [7, 11) is 0. The largest absolute Gasteiger partial charge is 0.497 e. The standard InChI is InChI=1S/C26H48O3/c1-6-8-10-12-13-14-15-17-19-23(25(27)29-26(3,4)5)24-22(20-21-28-24)18-16-11-9-7-2/h22H,6-21H2,1-5H3/b24-23+. The molecule has 1 fully saturated rings. The Hall–Kier alpha value is -0.990. The molecular formula is C26H48O3. The van der Waals surface area contributed by atoms with Gasteiger partial charge in [0, 0.05) is 5.92 Å². The number of allylic oxidation sites excluding steroid dienone is 1. The third kappa shape index (κ3) is 11.7. The molecule has 1 unspecified atom stereocenters. The van der Waals surface area contributed by atoms with E-state index >= 15 is 0 Å². The number of carbonyl (C=O) groups is 1. The van der Waals surface area contributed by atoms with Crippen LogP contribution in [0.3, 0.4) is 0 Å². The maximum atomic E-state index is 12.9. The number of hydrogen-bond acceptors (Lipinski definition) is 3. The van der Waals surface area contributed by atoms with Gasteiger partial charge in [-0.05, 0) is 46.5 Å². The van der Waals surface area contributed by atoms with E-state index in [1.165, 1.54) is 70.6 Å². The van der Waals surface area contributed by atoms with Crippen LogP contribution in [-0.4, -0.2) is 18.2 Å². The number of hydrogen-bond donors (Lipinski definition) is 0. The lowest BCUT2D eigenvalue weighted by atomic mass is 9.93. The molecule has 0 saturated carbocycles. The second-order valence-electron chi connectivity index (χ2n) is 9.75. The molecule has 0 aromatic rings. The van der Waals surface area contributed by atoms with Gasteiger partial charge in [-0.2, -0.15) is 0 Å². The minimum absolute atomic E-state index is 0.157. The molecule has 1 aliphatic heterocycles. The van der Waals surface area contributed by atoms with Gasteiger partial charge in [-0.15, -0.1) is 0 Å². The SMILES string of the molecule is CCCCCCCCCC/C(C(=O)OC(C)(C)C)=C1\OCCC1CCCCCC. The number of esters is 1. The average molecular weight is 409 g/mol. The number of carbonyl (C=O) groups excluding carboxylic acids is 1. The van der Waals surface area contributed by atoms with Crippen LogP contribution in [0.4, 0.5) is 0 Å². The van der Waals surface area contributed by atoms with Gasteiger partial charge in [0.05, 0.1) is 12.2 Å². The van der Waals surface area contributed by atoms with Crippen LogP contribution in [0.25, 0.3) is 0 Å². The molecule has 0 aromatic carbocycles. The van der Waals surface area contributed by atoms with Crippen LogP contribution in [0, 0.1) is 5.92 Å². The summed E-state index contributed by atoms with van der Waals surface area (Å²) in [6.07, 6.45) is 18.2. The Balaban J connectivity index is 2.64. The van der Waals surface area contributed by atoms with Crippen LogP contribution in [0.15, 0.2) is 11.3 Å². The van der Waals surface area contributed by atoms with Crippen LogP contribution in [0.1, 0.15) is 131 Å². The Morgan fingerprint density at radius 1 is 0.897 bits per heavy atom. The summed E-state index contributed by atoms with van der Waals surface area (Å²) in [5.74, 6) is 1.21. The molecule has 0 bridgehead atoms. The summed E-state index contributed by atoms with van der Waals surface area (Å²) in [5, 5.41) is 0. The van der Waals surface area contributed by atoms with Gasteiger partial charge in [0.1, 0.15) is 11.4 Å². The highest BCUT2D eigenvalue weighted by atomic mass is 16.6. The summed E-state index contributed by atoms with van der Waals surface area (Å²) in [5.41, 5.74) is 0.362. The molecule has 1 rings (SSSR count). The number of ether oxygens (including phenoxy) is 2. The lowest BCUT2D eigenvalue weighted by molar-refractivity contribution is -0.150. The highest BCUT2D eigenvalue weighted by molar-refractivity contribution is 5.89. The Bertz CT molecular complexity index is 473. The maximum absolute atomic E-state index is 12.9. The molecule has 1 aliphatic rings. The number of unbranched alkanes of at least 4 members (excludes halogenated alkanes) is 10. The third-order valence-corrected chi connectivity index (χ3v) is 5.72. The van der Waals surface area contributed by atoms with Crippen LogP contribution in [0.5, 0.6) is 0 Å². The molecule has 170 valence electrons. The summed E-state index contributed by atoms with van der Waals surface area (Å²) >= 11 is 0. The Labute approximate surface area is 181 Å². The van der Waals surface area contributed by atoms with Gasteiger partial charge in [-0.25, -0.2) is 4.79 Å². The Morgan fingerprint density at radius 3 is 2.03 bits per heavy atom. The molecule has 1 heterocycles. The molecule has 0 radical (unpaired) electrons. The molecule has 1 atom stereocenters. The molecule has 0 spiro atoms. The van der Waals surface area contributed by atoms with E-state index in [0.717, 1.165) is 43.6 Å². The topological polar surface area (TPSA) is 35.5 Å². The fourth-order valence-electron chi connectivity index (χ4n) is 4.09. The van der Waals surface area contributed by atoms with Gasteiger partial charge >= 0.3 is 5.97 Å². The Morgan fingerprint density at radius 2 is 1.45 bits per heavy atom. The first-order valence-corrected chi connectivity index (χ1v) is 12.5. The molecular weight excluding hydrogens is 360 g/mol. The van der Waals surface area contributed by atoms with Gasteiger partial charge in [-0.3, -0.25) is 0 Å². The van der Waals surface area contributed by atoms with E-state index < -0.39 is 5.60 Å². The monoisotopic (exact) mass is 408 g/mol. The minimum atomic E-state index is -0.461. The molecule has 0 aromatic heterocycles. The summed E-state index contributed by atoms with van der Waals surface area (Å²) in [6, 6.07) is 0. The van der Waals surface area contributed by atoms with Crippen molar-refractivity contribution < 1.29 is 14.3 Å². The van der Waals surface area contributed by atoms with Crippen LogP contribution < -0.4 is 0 Å². The van der Waals surface area contributed by atoms with E-state index in [2.05, 4.69) is 13.8 Å². The van der Waals surface area contributed by atoms with Gasteiger partial charge in [0.2, 0.25) is 0 Å². The normalized spacial score (nSPS) is 18.6. The van der Waals surface area contributed by atoms with E-state index in [0.29, 0.717) is 5.92 Å². The van der Waals surface area contributed by atoms with Crippen molar-refractivity contribution in [2.45, 2.75) is 137 Å². The third-order valence-electron chi connectivity index (χ3n) is 5.72. The van der Waals surface area contributed by atoms with Crippen molar-refractivity contribution in [3.63, 3.8) is 0 Å². The fraction of sp³-hybridized carbons (Fsp3) is 0.885. The van der Waals surface area contributed by atoms with Crippen molar-refractivity contribution in [1.82, 2.24) is 0 Å². The smallest absolute Gasteiger partial charge is 0.337 e. The average Bonchev–Trinajstić information content (AvgIpc) is 3.10. The zero-order valence-corrected chi connectivity index (χ0v) is 20.1. The summed E-state index contributed by atoms with van der Waals surface area (Å²) in [4.78, 5) is 12.9. The van der Waals surface area contributed by atoms with Crippen molar-refractivity contribution in [3.8, 4) is 0 Å².